The third-order valence-corrected chi connectivity index (χ3v) is 1.76. The van der Waals surface area contributed by atoms with E-state index in [0.29, 0.717) is 0 Å². The van der Waals surface area contributed by atoms with Gasteiger partial charge in [0.1, 0.15) is 0 Å². The van der Waals surface area contributed by atoms with Crippen LogP contribution in [0.15, 0.2) is 0 Å². The second-order valence-corrected chi connectivity index (χ2v) is 2.63. The van der Waals surface area contributed by atoms with Crippen molar-refractivity contribution in [3.05, 3.63) is 0 Å². The molecule has 0 aromatic rings. The van der Waals surface area contributed by atoms with Crippen molar-refractivity contribution >= 4 is 32.4 Å². The third-order valence-electron chi connectivity index (χ3n) is 1.36. The lowest BCUT2D eigenvalue weighted by molar-refractivity contribution is -0.132. The molecule has 1 atom stereocenters. The van der Waals surface area contributed by atoms with Crippen molar-refractivity contribution in [1.29, 1.82) is 0 Å². The average molecular weight is 143 g/mol. The first kappa shape index (κ1) is 6.67. The zero-order valence-electron chi connectivity index (χ0n) is 5.00. The predicted octanol–water partition coefficient (Wildman–Crippen LogP) is -1.41. The number of amides is 2. The number of thiol groups is 1. The second kappa shape index (κ2) is 2.06. The van der Waals surface area contributed by atoms with E-state index in [1.54, 1.807) is 0 Å². The van der Waals surface area contributed by atoms with Gasteiger partial charge in [0.05, 0.1) is 5.25 Å². The Morgan fingerprint density at radius 2 is 2.22 bits per heavy atom. The molecule has 1 saturated heterocycles. The van der Waals surface area contributed by atoms with Gasteiger partial charge < -0.3 is 4.81 Å². The molecule has 9 heavy (non-hydrogen) atoms. The zero-order valence-corrected chi connectivity index (χ0v) is 5.89. The first-order valence-electron chi connectivity index (χ1n) is 2.61. The van der Waals surface area contributed by atoms with Crippen molar-refractivity contribution in [3.63, 3.8) is 0 Å². The van der Waals surface area contributed by atoms with Crippen LogP contribution >= 0.6 is 12.6 Å². The fourth-order valence-electron chi connectivity index (χ4n) is 0.736. The van der Waals surface area contributed by atoms with E-state index in [2.05, 4.69) is 12.6 Å². The van der Waals surface area contributed by atoms with Gasteiger partial charge in [-0.25, -0.2) is 0 Å². The van der Waals surface area contributed by atoms with Crippen LogP contribution in [-0.2, 0) is 9.59 Å². The lowest BCUT2D eigenvalue weighted by Crippen LogP contribution is -2.27. The molecule has 1 unspecified atom stereocenters. The molecule has 1 aliphatic heterocycles. The number of hydrogen-bond donors (Lipinski definition) is 1. The molecule has 1 fully saturated rings. The Morgan fingerprint density at radius 1 is 1.67 bits per heavy atom. The van der Waals surface area contributed by atoms with Crippen molar-refractivity contribution in [2.24, 2.45) is 0 Å². The average Bonchev–Trinajstić information content (AvgIpc) is 1.98. The van der Waals surface area contributed by atoms with E-state index >= 15 is 0 Å². The van der Waals surface area contributed by atoms with Crippen molar-refractivity contribution in [2.45, 2.75) is 11.7 Å². The standard InChI is InChI=1S/C4H6BNO2S/c5-6-3(7)1-2(9)4(6)8/h2,9H,1,5H2. The van der Waals surface area contributed by atoms with Crippen molar-refractivity contribution in [3.8, 4) is 0 Å². The van der Waals surface area contributed by atoms with E-state index in [-0.39, 0.29) is 18.2 Å². The monoisotopic (exact) mass is 143 g/mol. The Morgan fingerprint density at radius 3 is 2.33 bits per heavy atom. The number of rotatable bonds is 0. The molecule has 3 nitrogen and oxygen atoms in total. The topological polar surface area (TPSA) is 37.4 Å². The normalized spacial score (nSPS) is 27.7. The number of carbonyl (C=O) groups is 2. The first-order valence-corrected chi connectivity index (χ1v) is 3.13. The highest BCUT2D eigenvalue weighted by Crippen LogP contribution is 2.14. The third kappa shape index (κ3) is 0.964. The first-order chi connectivity index (χ1) is 4.13. The fraction of sp³-hybridized carbons (Fsp3) is 0.500. The minimum Gasteiger partial charge on any atom is -0.336 e. The van der Waals surface area contributed by atoms with Crippen LogP contribution in [0.1, 0.15) is 6.42 Å². The van der Waals surface area contributed by atoms with Crippen LogP contribution in [0.4, 0.5) is 0 Å². The lowest BCUT2D eigenvalue weighted by atomic mass is 10.3. The molecule has 1 aliphatic rings. The summed E-state index contributed by atoms with van der Waals surface area (Å²) in [6, 6.07) is 0. The van der Waals surface area contributed by atoms with Gasteiger partial charge in [0.25, 0.3) is 0 Å². The minimum atomic E-state index is -0.400. The van der Waals surface area contributed by atoms with E-state index in [4.69, 9.17) is 0 Å². The maximum absolute atomic E-state index is 10.7. The highest BCUT2D eigenvalue weighted by Gasteiger charge is 2.32. The van der Waals surface area contributed by atoms with E-state index in [1.807, 2.05) is 0 Å². The summed E-state index contributed by atoms with van der Waals surface area (Å²) in [6.07, 6.45) is 0.248. The van der Waals surface area contributed by atoms with Crippen molar-refractivity contribution < 1.29 is 9.59 Å². The van der Waals surface area contributed by atoms with Gasteiger partial charge in [-0.05, 0) is 0 Å². The minimum absolute atomic E-state index is 0.139. The van der Waals surface area contributed by atoms with Gasteiger partial charge in [0.15, 0.2) is 0 Å². The van der Waals surface area contributed by atoms with Gasteiger partial charge in [0, 0.05) is 6.42 Å². The molecule has 0 radical (unpaired) electrons. The molecule has 0 saturated carbocycles. The molecule has 1 rings (SSSR count). The van der Waals surface area contributed by atoms with Gasteiger partial charge >= 0.3 is 0 Å². The molecule has 48 valence electrons. The molecule has 2 amide bonds. The maximum atomic E-state index is 10.7. The number of carbonyl (C=O) groups excluding carboxylic acids is 2. The van der Waals surface area contributed by atoms with Crippen LogP contribution in [0, 0.1) is 0 Å². The molecule has 0 aromatic heterocycles. The van der Waals surface area contributed by atoms with Gasteiger partial charge in [-0.1, -0.05) is 0 Å². The Kier molecular flexibility index (Phi) is 1.53. The number of hydrogen-bond acceptors (Lipinski definition) is 3. The van der Waals surface area contributed by atoms with Gasteiger partial charge in [0.2, 0.25) is 19.8 Å². The Bertz CT molecular complexity index is 172. The van der Waals surface area contributed by atoms with Crippen LogP contribution in [0.2, 0.25) is 0 Å². The molecular formula is C4H6BNO2S. The van der Waals surface area contributed by atoms with Gasteiger partial charge in [-0.3, -0.25) is 9.59 Å². The van der Waals surface area contributed by atoms with E-state index in [0.717, 1.165) is 4.81 Å². The smallest absolute Gasteiger partial charge is 0.231 e. The summed E-state index contributed by atoms with van der Waals surface area (Å²) in [5.74, 6) is -0.330. The summed E-state index contributed by atoms with van der Waals surface area (Å²) in [6.45, 7) is 0. The summed E-state index contributed by atoms with van der Waals surface area (Å²) in [5.41, 5.74) is 0. The predicted molar refractivity (Wildman–Crippen MR) is 37.8 cm³/mol. The number of imide groups is 1. The zero-order chi connectivity index (χ0) is 7.02. The molecule has 0 N–H and O–H groups in total. The lowest BCUT2D eigenvalue weighted by Gasteiger charge is -2.03. The Balaban J connectivity index is 2.77. The van der Waals surface area contributed by atoms with Crippen LogP contribution in [0.5, 0.6) is 0 Å². The SMILES string of the molecule is BN1C(=O)CC(S)C1=O. The highest BCUT2D eigenvalue weighted by molar-refractivity contribution is 7.81. The Hall–Kier alpha value is -0.445. The van der Waals surface area contributed by atoms with Crippen molar-refractivity contribution in [2.75, 3.05) is 0 Å². The fourth-order valence-corrected chi connectivity index (χ4v) is 1.07. The Labute approximate surface area is 59.2 Å². The van der Waals surface area contributed by atoms with E-state index in [9.17, 15) is 9.59 Å². The largest absolute Gasteiger partial charge is 0.336 e. The quantitative estimate of drug-likeness (QED) is 0.257. The summed E-state index contributed by atoms with van der Waals surface area (Å²) >= 11 is 3.89. The molecule has 0 bridgehead atoms. The summed E-state index contributed by atoms with van der Waals surface area (Å²) in [5, 5.41) is -0.400. The van der Waals surface area contributed by atoms with E-state index < -0.39 is 5.25 Å². The van der Waals surface area contributed by atoms with Crippen LogP contribution in [-0.4, -0.2) is 29.9 Å². The second-order valence-electron chi connectivity index (χ2n) is 2.01. The van der Waals surface area contributed by atoms with E-state index in [1.165, 1.54) is 7.98 Å². The number of nitrogens with zero attached hydrogens (tertiary/aromatic N) is 1. The van der Waals surface area contributed by atoms with Gasteiger partial charge in [-0.2, -0.15) is 12.6 Å². The summed E-state index contributed by atoms with van der Waals surface area (Å²) in [7, 11) is 1.47. The maximum Gasteiger partial charge on any atom is 0.231 e. The van der Waals surface area contributed by atoms with Crippen LogP contribution in [0.25, 0.3) is 0 Å². The van der Waals surface area contributed by atoms with Crippen molar-refractivity contribution in [1.82, 2.24) is 4.81 Å². The van der Waals surface area contributed by atoms with Gasteiger partial charge in [-0.15, -0.1) is 0 Å². The molecule has 0 aliphatic carbocycles. The van der Waals surface area contributed by atoms with Crippen LogP contribution < -0.4 is 0 Å². The highest BCUT2D eigenvalue weighted by atomic mass is 32.1. The molecular weight excluding hydrogens is 137 g/mol. The summed E-state index contributed by atoms with van der Waals surface area (Å²) < 4.78 is 0. The molecule has 0 aromatic carbocycles. The van der Waals surface area contributed by atoms with Crippen LogP contribution in [0.3, 0.4) is 0 Å². The molecule has 1 heterocycles. The molecule has 0 spiro atoms. The molecule has 5 heteroatoms. The summed E-state index contributed by atoms with van der Waals surface area (Å²) in [4.78, 5) is 22.5.